The number of nitro groups is 1. The van der Waals surface area contributed by atoms with Gasteiger partial charge in [0, 0.05) is 6.54 Å². The summed E-state index contributed by atoms with van der Waals surface area (Å²) in [5.74, 6) is 0.648. The van der Waals surface area contributed by atoms with Crippen LogP contribution >= 0.6 is 0 Å². The van der Waals surface area contributed by atoms with Crippen molar-refractivity contribution in [3.63, 3.8) is 0 Å². The van der Waals surface area contributed by atoms with Crippen LogP contribution in [0.4, 0.5) is 11.4 Å². The summed E-state index contributed by atoms with van der Waals surface area (Å²) in [4.78, 5) is 10.8. The molecule has 2 rings (SSSR count). The Labute approximate surface area is 117 Å². The number of aliphatic hydroxyl groups excluding tert-OH is 1. The van der Waals surface area contributed by atoms with E-state index < -0.39 is 4.92 Å². The minimum atomic E-state index is -0.420. The van der Waals surface area contributed by atoms with Crippen LogP contribution in [0.25, 0.3) is 0 Å². The highest BCUT2D eigenvalue weighted by Crippen LogP contribution is 2.35. The van der Waals surface area contributed by atoms with Crippen molar-refractivity contribution in [1.29, 1.82) is 0 Å². The van der Waals surface area contributed by atoms with E-state index in [4.69, 9.17) is 4.74 Å². The molecular weight excluding hydrogens is 260 g/mol. The number of hydrogen-bond donors (Lipinski definition) is 2. The average molecular weight is 280 g/mol. The zero-order chi connectivity index (χ0) is 14.5. The maximum atomic E-state index is 11.2. The zero-order valence-corrected chi connectivity index (χ0v) is 11.5. The van der Waals surface area contributed by atoms with E-state index in [1.165, 1.54) is 0 Å². The number of anilines is 1. The van der Waals surface area contributed by atoms with Crippen molar-refractivity contribution < 1.29 is 14.8 Å². The summed E-state index contributed by atoms with van der Waals surface area (Å²) in [6.45, 7) is 2.82. The largest absolute Gasteiger partial charge is 0.487 e. The third-order valence-electron chi connectivity index (χ3n) is 3.58. The third kappa shape index (κ3) is 3.39. The van der Waals surface area contributed by atoms with E-state index in [-0.39, 0.29) is 17.5 Å². The van der Waals surface area contributed by atoms with Gasteiger partial charge in [-0.3, -0.25) is 10.1 Å². The van der Waals surface area contributed by atoms with E-state index in [1.807, 2.05) is 0 Å². The lowest BCUT2D eigenvalue weighted by molar-refractivity contribution is -0.384. The fourth-order valence-corrected chi connectivity index (χ4v) is 2.61. The minimum Gasteiger partial charge on any atom is -0.487 e. The molecular formula is C14H20N2O4. The molecule has 0 spiro atoms. The third-order valence-corrected chi connectivity index (χ3v) is 3.58. The molecule has 1 aliphatic rings. The summed E-state index contributed by atoms with van der Waals surface area (Å²) in [7, 11) is 0. The second kappa shape index (κ2) is 6.56. The Morgan fingerprint density at radius 3 is 2.90 bits per heavy atom. The van der Waals surface area contributed by atoms with Gasteiger partial charge in [-0.05, 0) is 44.2 Å². The average Bonchev–Trinajstić information content (AvgIpc) is 2.82. The number of benzene rings is 1. The van der Waals surface area contributed by atoms with Gasteiger partial charge in [0.25, 0.3) is 0 Å². The molecule has 1 saturated carbocycles. The molecule has 2 atom stereocenters. The smallest absolute Gasteiger partial charge is 0.333 e. The molecule has 0 aliphatic heterocycles. The Morgan fingerprint density at radius 2 is 2.30 bits per heavy atom. The van der Waals surface area contributed by atoms with Crippen LogP contribution in [0.1, 0.15) is 26.2 Å². The second-order valence-electron chi connectivity index (χ2n) is 5.06. The Bertz CT molecular complexity index is 478. The van der Waals surface area contributed by atoms with Crippen molar-refractivity contribution in [1.82, 2.24) is 0 Å². The summed E-state index contributed by atoms with van der Waals surface area (Å²) in [5.41, 5.74) is 0.454. The number of rotatable bonds is 6. The maximum Gasteiger partial charge on any atom is 0.333 e. The van der Waals surface area contributed by atoms with Gasteiger partial charge in [0.15, 0.2) is 5.75 Å². The number of nitrogens with one attached hydrogen (secondary N) is 1. The lowest BCUT2D eigenvalue weighted by atomic mass is 10.1. The van der Waals surface area contributed by atoms with Crippen molar-refractivity contribution in [3.8, 4) is 5.75 Å². The molecule has 6 heteroatoms. The van der Waals surface area contributed by atoms with E-state index in [0.717, 1.165) is 19.3 Å². The van der Waals surface area contributed by atoms with Crippen LogP contribution in [0, 0.1) is 16.0 Å². The van der Waals surface area contributed by atoms with Gasteiger partial charge in [-0.2, -0.15) is 0 Å². The Hall–Kier alpha value is -1.82. The maximum absolute atomic E-state index is 11.2. The van der Waals surface area contributed by atoms with Gasteiger partial charge in [0.1, 0.15) is 5.69 Å². The summed E-state index contributed by atoms with van der Waals surface area (Å²) < 4.78 is 5.31. The molecule has 20 heavy (non-hydrogen) atoms. The van der Waals surface area contributed by atoms with Crippen LogP contribution < -0.4 is 10.1 Å². The Morgan fingerprint density at radius 1 is 1.50 bits per heavy atom. The zero-order valence-electron chi connectivity index (χ0n) is 11.5. The summed E-state index contributed by atoms with van der Waals surface area (Å²) in [5, 5.41) is 23.8. The molecule has 0 bridgehead atoms. The number of hydrogen-bond acceptors (Lipinski definition) is 5. The molecule has 1 fully saturated rings. The van der Waals surface area contributed by atoms with Gasteiger partial charge in [-0.1, -0.05) is 6.07 Å². The van der Waals surface area contributed by atoms with Gasteiger partial charge in [-0.15, -0.1) is 0 Å². The van der Waals surface area contributed by atoms with E-state index >= 15 is 0 Å². The standard InChI is InChI=1S/C14H20N2O4/c1-2-20-13-5-3-4-12(14(13)16(18)19)15-9-10-6-7-11(17)8-10/h3-5,10-11,15,17H,2,6-9H2,1H3. The van der Waals surface area contributed by atoms with Crippen molar-refractivity contribution in [2.45, 2.75) is 32.3 Å². The quantitative estimate of drug-likeness (QED) is 0.618. The van der Waals surface area contributed by atoms with E-state index in [9.17, 15) is 15.2 Å². The van der Waals surface area contributed by atoms with Gasteiger partial charge < -0.3 is 15.2 Å². The molecule has 0 radical (unpaired) electrons. The molecule has 110 valence electrons. The van der Waals surface area contributed by atoms with Crippen LogP contribution in [0.2, 0.25) is 0 Å². The summed E-state index contributed by atoms with van der Waals surface area (Å²) in [6, 6.07) is 5.03. The van der Waals surface area contributed by atoms with Crippen molar-refractivity contribution in [2.24, 2.45) is 5.92 Å². The number of para-hydroxylation sites is 1. The Balaban J connectivity index is 2.10. The van der Waals surface area contributed by atoms with Crippen molar-refractivity contribution in [3.05, 3.63) is 28.3 Å². The number of nitrogens with zero attached hydrogens (tertiary/aromatic N) is 1. The van der Waals surface area contributed by atoms with E-state index in [1.54, 1.807) is 25.1 Å². The van der Waals surface area contributed by atoms with E-state index in [2.05, 4.69) is 5.32 Å². The molecule has 0 aromatic heterocycles. The van der Waals surface area contributed by atoms with Gasteiger partial charge in [0.05, 0.1) is 17.6 Å². The molecule has 2 unspecified atom stereocenters. The van der Waals surface area contributed by atoms with Crippen molar-refractivity contribution in [2.75, 3.05) is 18.5 Å². The number of nitro benzene ring substituents is 1. The molecule has 0 heterocycles. The number of ether oxygens (including phenoxy) is 1. The molecule has 1 aliphatic carbocycles. The van der Waals surface area contributed by atoms with Crippen LogP contribution in [0.3, 0.4) is 0 Å². The topological polar surface area (TPSA) is 84.6 Å². The first-order chi connectivity index (χ1) is 9.61. The first-order valence-electron chi connectivity index (χ1n) is 6.94. The predicted octanol–water partition coefficient (Wildman–Crippen LogP) is 2.57. The van der Waals surface area contributed by atoms with Gasteiger partial charge >= 0.3 is 5.69 Å². The molecule has 0 amide bonds. The molecule has 0 saturated heterocycles. The highest BCUT2D eigenvalue weighted by molar-refractivity contribution is 5.68. The first-order valence-corrected chi connectivity index (χ1v) is 6.94. The fourth-order valence-electron chi connectivity index (χ4n) is 2.61. The van der Waals surface area contributed by atoms with Gasteiger partial charge in [0.2, 0.25) is 0 Å². The highest BCUT2D eigenvalue weighted by atomic mass is 16.6. The minimum absolute atomic E-state index is 0.0205. The number of aliphatic hydroxyl groups is 1. The van der Waals surface area contributed by atoms with Crippen LogP contribution in [-0.2, 0) is 0 Å². The fraction of sp³-hybridized carbons (Fsp3) is 0.571. The Kier molecular flexibility index (Phi) is 4.79. The SMILES string of the molecule is CCOc1cccc(NCC2CCC(O)C2)c1[N+](=O)[O-]. The normalized spacial score (nSPS) is 21.7. The summed E-state index contributed by atoms with van der Waals surface area (Å²) in [6.07, 6.45) is 2.29. The predicted molar refractivity (Wildman–Crippen MR) is 76.1 cm³/mol. The van der Waals surface area contributed by atoms with Crippen LogP contribution in [-0.4, -0.2) is 29.3 Å². The van der Waals surface area contributed by atoms with Crippen LogP contribution in [0.5, 0.6) is 5.75 Å². The monoisotopic (exact) mass is 280 g/mol. The molecule has 6 nitrogen and oxygen atoms in total. The molecule has 2 N–H and O–H groups in total. The lowest BCUT2D eigenvalue weighted by Crippen LogP contribution is -2.13. The van der Waals surface area contributed by atoms with Crippen LogP contribution in [0.15, 0.2) is 18.2 Å². The van der Waals surface area contributed by atoms with Crippen molar-refractivity contribution >= 4 is 11.4 Å². The second-order valence-corrected chi connectivity index (χ2v) is 5.06. The van der Waals surface area contributed by atoms with E-state index in [0.29, 0.717) is 24.8 Å². The molecule has 1 aromatic carbocycles. The van der Waals surface area contributed by atoms with Gasteiger partial charge in [-0.25, -0.2) is 0 Å². The summed E-state index contributed by atoms with van der Waals surface area (Å²) >= 11 is 0. The lowest BCUT2D eigenvalue weighted by Gasteiger charge is -2.13. The molecule has 1 aromatic rings. The first kappa shape index (κ1) is 14.6. The highest BCUT2D eigenvalue weighted by Gasteiger charge is 2.25.